The molecule has 1 atom stereocenters. The molecule has 2 heterocycles. The molecule has 2 fully saturated rings. The fourth-order valence-electron chi connectivity index (χ4n) is 4.11. The van der Waals surface area contributed by atoms with Crippen molar-refractivity contribution < 1.29 is 18.7 Å². The number of amides is 2. The van der Waals surface area contributed by atoms with Crippen LogP contribution in [0.1, 0.15) is 48.5 Å². The van der Waals surface area contributed by atoms with Gasteiger partial charge < -0.3 is 20.7 Å². The van der Waals surface area contributed by atoms with Crippen LogP contribution >= 0.6 is 0 Å². The molecular formula is C23H27FN6O3. The minimum absolute atomic E-state index is 0.0939. The standard InChI is InChI=1S/C23H27FN6O3/c24-17-3-5-18(6-4-17)27-22-19(21(26)31)13-30(28-22)20(7-10-25)16-8-11-29(12-9-16)23(32)33-14-15-1-2-15/h3-6,13,15-16,20H,1-2,7-9,11-12,14H2,(H2,26,31)(H,27,28)/t20-/m0/s1. The van der Waals surface area contributed by atoms with Gasteiger partial charge in [0.2, 0.25) is 0 Å². The molecule has 9 nitrogen and oxygen atoms in total. The lowest BCUT2D eigenvalue weighted by molar-refractivity contribution is 0.0773. The third kappa shape index (κ3) is 5.61. The van der Waals surface area contributed by atoms with E-state index in [2.05, 4.69) is 16.5 Å². The van der Waals surface area contributed by atoms with Gasteiger partial charge in [-0.05, 0) is 61.8 Å². The Morgan fingerprint density at radius 2 is 1.94 bits per heavy atom. The van der Waals surface area contributed by atoms with Crippen LogP contribution in [0.4, 0.5) is 20.7 Å². The molecule has 0 spiro atoms. The van der Waals surface area contributed by atoms with Crippen molar-refractivity contribution in [2.75, 3.05) is 25.0 Å². The van der Waals surface area contributed by atoms with Gasteiger partial charge >= 0.3 is 6.09 Å². The van der Waals surface area contributed by atoms with Gasteiger partial charge in [0.25, 0.3) is 5.91 Å². The molecule has 2 amide bonds. The number of nitrogens with one attached hydrogen (secondary N) is 1. The van der Waals surface area contributed by atoms with E-state index >= 15 is 0 Å². The van der Waals surface area contributed by atoms with Crippen LogP contribution in [0.5, 0.6) is 0 Å². The summed E-state index contributed by atoms with van der Waals surface area (Å²) in [5.41, 5.74) is 6.29. The molecule has 4 rings (SSSR count). The Morgan fingerprint density at radius 3 is 2.55 bits per heavy atom. The number of primary amides is 1. The molecule has 2 aromatic rings. The number of hydrogen-bond acceptors (Lipinski definition) is 6. The van der Waals surface area contributed by atoms with Crippen LogP contribution in [0.15, 0.2) is 30.5 Å². The molecule has 1 aliphatic heterocycles. The Labute approximate surface area is 191 Å². The summed E-state index contributed by atoms with van der Waals surface area (Å²) in [6.07, 6.45) is 5.10. The SMILES string of the molecule is N#CC[C@@H](C1CCN(C(=O)OCC2CC2)CC1)n1cc(C(N)=O)c(Nc2ccc(F)cc2)n1. The molecule has 1 saturated carbocycles. The van der Waals surface area contributed by atoms with E-state index in [1.165, 1.54) is 24.3 Å². The first-order valence-corrected chi connectivity index (χ1v) is 11.1. The van der Waals surface area contributed by atoms with Gasteiger partial charge in [0, 0.05) is 25.0 Å². The van der Waals surface area contributed by atoms with E-state index in [-0.39, 0.29) is 41.7 Å². The number of nitrogens with two attached hydrogens (primary N) is 1. The molecule has 10 heteroatoms. The van der Waals surface area contributed by atoms with E-state index in [1.807, 2.05) is 0 Å². The Bertz CT molecular complexity index is 1040. The van der Waals surface area contributed by atoms with Gasteiger partial charge in [-0.3, -0.25) is 9.48 Å². The van der Waals surface area contributed by atoms with Gasteiger partial charge in [-0.2, -0.15) is 10.4 Å². The first-order valence-electron chi connectivity index (χ1n) is 11.1. The summed E-state index contributed by atoms with van der Waals surface area (Å²) in [5.74, 6) is -0.175. The van der Waals surface area contributed by atoms with Crippen molar-refractivity contribution in [3.8, 4) is 6.07 Å². The lowest BCUT2D eigenvalue weighted by atomic mass is 9.88. The van der Waals surface area contributed by atoms with Crippen molar-refractivity contribution in [1.29, 1.82) is 5.26 Å². The smallest absolute Gasteiger partial charge is 0.409 e. The third-order valence-electron chi connectivity index (χ3n) is 6.23. The molecule has 0 radical (unpaired) electrons. The average molecular weight is 455 g/mol. The molecule has 2 aliphatic rings. The second-order valence-corrected chi connectivity index (χ2v) is 8.64. The van der Waals surface area contributed by atoms with E-state index < -0.39 is 5.91 Å². The predicted molar refractivity (Wildman–Crippen MR) is 118 cm³/mol. The van der Waals surface area contributed by atoms with Crippen LogP contribution in [-0.2, 0) is 4.74 Å². The first-order chi connectivity index (χ1) is 15.9. The number of hydrogen-bond donors (Lipinski definition) is 2. The summed E-state index contributed by atoms with van der Waals surface area (Å²) >= 11 is 0. The summed E-state index contributed by atoms with van der Waals surface area (Å²) in [5, 5.41) is 16.9. The largest absolute Gasteiger partial charge is 0.449 e. The highest BCUT2D eigenvalue weighted by Crippen LogP contribution is 2.33. The molecule has 0 unspecified atom stereocenters. The van der Waals surface area contributed by atoms with E-state index in [0.717, 1.165) is 12.8 Å². The summed E-state index contributed by atoms with van der Waals surface area (Å²) in [4.78, 5) is 26.0. The number of halogens is 1. The predicted octanol–water partition coefficient (Wildman–Crippen LogP) is 3.58. The number of likely N-dealkylation sites (tertiary alicyclic amines) is 1. The zero-order valence-electron chi connectivity index (χ0n) is 18.2. The van der Waals surface area contributed by atoms with Gasteiger partial charge in [-0.15, -0.1) is 0 Å². The van der Waals surface area contributed by atoms with Crippen molar-refractivity contribution in [1.82, 2.24) is 14.7 Å². The number of nitrogens with zero attached hydrogens (tertiary/aromatic N) is 4. The van der Waals surface area contributed by atoms with E-state index in [4.69, 9.17) is 10.5 Å². The minimum atomic E-state index is -0.658. The molecular weight excluding hydrogens is 427 g/mol. The van der Waals surface area contributed by atoms with Crippen molar-refractivity contribution in [3.05, 3.63) is 41.8 Å². The summed E-state index contributed by atoms with van der Waals surface area (Å²) < 4.78 is 20.2. The Hall–Kier alpha value is -3.61. The zero-order chi connectivity index (χ0) is 23.4. The number of aromatic nitrogens is 2. The molecule has 3 N–H and O–H groups in total. The number of anilines is 2. The van der Waals surface area contributed by atoms with Gasteiger partial charge in [0.05, 0.1) is 25.1 Å². The Morgan fingerprint density at radius 1 is 1.24 bits per heavy atom. The van der Waals surface area contributed by atoms with Crippen LogP contribution in [0.2, 0.25) is 0 Å². The Balaban J connectivity index is 1.45. The second-order valence-electron chi connectivity index (χ2n) is 8.64. The second kappa shape index (κ2) is 9.90. The topological polar surface area (TPSA) is 126 Å². The maximum Gasteiger partial charge on any atom is 0.409 e. The van der Waals surface area contributed by atoms with Crippen molar-refractivity contribution >= 4 is 23.5 Å². The zero-order valence-corrected chi connectivity index (χ0v) is 18.2. The van der Waals surface area contributed by atoms with Gasteiger partial charge in [0.1, 0.15) is 11.4 Å². The van der Waals surface area contributed by atoms with Crippen molar-refractivity contribution in [3.63, 3.8) is 0 Å². The summed E-state index contributed by atoms with van der Waals surface area (Å²) in [6, 6.07) is 7.59. The highest BCUT2D eigenvalue weighted by molar-refractivity contribution is 5.98. The summed E-state index contributed by atoms with van der Waals surface area (Å²) in [6.45, 7) is 1.57. The van der Waals surface area contributed by atoms with Crippen molar-refractivity contribution in [2.24, 2.45) is 17.6 Å². The quantitative estimate of drug-likeness (QED) is 0.628. The number of rotatable bonds is 8. The number of benzene rings is 1. The molecule has 1 aromatic carbocycles. The fourth-order valence-corrected chi connectivity index (χ4v) is 4.11. The first kappa shape index (κ1) is 22.6. The van der Waals surface area contributed by atoms with Gasteiger partial charge in [0.15, 0.2) is 5.82 Å². The minimum Gasteiger partial charge on any atom is -0.449 e. The molecule has 1 saturated heterocycles. The average Bonchev–Trinajstić information content (AvgIpc) is 3.55. The van der Waals surface area contributed by atoms with E-state index in [9.17, 15) is 19.2 Å². The number of carbonyl (C=O) groups is 2. The number of nitriles is 1. The lowest BCUT2D eigenvalue weighted by Gasteiger charge is -2.35. The number of ether oxygens (including phenoxy) is 1. The van der Waals surface area contributed by atoms with Crippen molar-refractivity contribution in [2.45, 2.75) is 38.1 Å². The maximum atomic E-state index is 13.2. The monoisotopic (exact) mass is 454 g/mol. The normalized spacial score (nSPS) is 17.3. The maximum absolute atomic E-state index is 13.2. The van der Waals surface area contributed by atoms with Crippen LogP contribution in [0, 0.1) is 29.0 Å². The molecule has 174 valence electrons. The summed E-state index contributed by atoms with van der Waals surface area (Å²) in [7, 11) is 0. The molecule has 0 bridgehead atoms. The van der Waals surface area contributed by atoms with Gasteiger partial charge in [-0.1, -0.05) is 0 Å². The van der Waals surface area contributed by atoms with Crippen LogP contribution in [0.25, 0.3) is 0 Å². The third-order valence-corrected chi connectivity index (χ3v) is 6.23. The number of carbonyl (C=O) groups excluding carboxylic acids is 2. The number of piperidine rings is 1. The molecule has 1 aliphatic carbocycles. The fraction of sp³-hybridized carbons (Fsp3) is 0.478. The van der Waals surface area contributed by atoms with Crippen LogP contribution in [0.3, 0.4) is 0 Å². The van der Waals surface area contributed by atoms with E-state index in [0.29, 0.717) is 44.1 Å². The highest BCUT2D eigenvalue weighted by atomic mass is 19.1. The van der Waals surface area contributed by atoms with E-state index in [1.54, 1.807) is 15.8 Å². The molecule has 1 aromatic heterocycles. The highest BCUT2D eigenvalue weighted by Gasteiger charge is 2.32. The van der Waals surface area contributed by atoms with Crippen LogP contribution < -0.4 is 11.1 Å². The lowest BCUT2D eigenvalue weighted by Crippen LogP contribution is -2.41. The Kier molecular flexibility index (Phi) is 6.77. The van der Waals surface area contributed by atoms with Gasteiger partial charge in [-0.25, -0.2) is 9.18 Å². The molecule has 33 heavy (non-hydrogen) atoms. The van der Waals surface area contributed by atoms with Crippen LogP contribution in [-0.4, -0.2) is 46.4 Å².